The number of hydrogen-bond donors (Lipinski definition) is 1. The number of carbonyl (C=O) groups excluding carboxylic acids is 1. The van der Waals surface area contributed by atoms with Crippen molar-refractivity contribution >= 4 is 21.8 Å². The molecule has 1 saturated carbocycles. The van der Waals surface area contributed by atoms with Crippen LogP contribution >= 0.6 is 15.9 Å². The van der Waals surface area contributed by atoms with Crippen LogP contribution in [0.4, 0.5) is 0 Å². The van der Waals surface area contributed by atoms with Gasteiger partial charge in [0, 0.05) is 16.9 Å². The van der Waals surface area contributed by atoms with E-state index < -0.39 is 0 Å². The Morgan fingerprint density at radius 3 is 2.71 bits per heavy atom. The summed E-state index contributed by atoms with van der Waals surface area (Å²) in [6.45, 7) is 0.702. The van der Waals surface area contributed by atoms with Gasteiger partial charge in [-0.15, -0.1) is 0 Å². The predicted octanol–water partition coefficient (Wildman–Crippen LogP) is 3.91. The molecule has 2 nitrogen and oxygen atoms in total. The number of halogens is 1. The van der Waals surface area contributed by atoms with Gasteiger partial charge in [-0.3, -0.25) is 4.79 Å². The molecule has 0 spiro atoms. The second kappa shape index (κ2) is 6.44. The SMILES string of the molecule is O=C(NCCc1cccc(Br)c1)C1CC1c1ccccc1. The molecule has 0 aliphatic heterocycles. The van der Waals surface area contributed by atoms with Gasteiger partial charge in [0.15, 0.2) is 0 Å². The summed E-state index contributed by atoms with van der Waals surface area (Å²) in [4.78, 5) is 12.1. The summed E-state index contributed by atoms with van der Waals surface area (Å²) >= 11 is 3.46. The lowest BCUT2D eigenvalue weighted by Gasteiger charge is -2.06. The molecule has 108 valence electrons. The van der Waals surface area contributed by atoms with Crippen molar-refractivity contribution in [3.8, 4) is 0 Å². The van der Waals surface area contributed by atoms with Gasteiger partial charge in [0.25, 0.3) is 0 Å². The molecule has 1 N–H and O–H groups in total. The normalized spacial score (nSPS) is 20.0. The lowest BCUT2D eigenvalue weighted by Crippen LogP contribution is -2.27. The van der Waals surface area contributed by atoms with Gasteiger partial charge in [0.05, 0.1) is 0 Å². The molecule has 1 aliphatic carbocycles. The van der Waals surface area contributed by atoms with E-state index in [4.69, 9.17) is 0 Å². The average Bonchev–Trinajstić information content (AvgIpc) is 3.29. The third kappa shape index (κ3) is 3.73. The van der Waals surface area contributed by atoms with Crippen molar-refractivity contribution in [3.05, 3.63) is 70.2 Å². The maximum Gasteiger partial charge on any atom is 0.223 e. The molecule has 1 aliphatic rings. The van der Waals surface area contributed by atoms with E-state index in [9.17, 15) is 4.79 Å². The van der Waals surface area contributed by atoms with Crippen LogP contribution in [0.2, 0.25) is 0 Å². The lowest BCUT2D eigenvalue weighted by molar-refractivity contribution is -0.122. The molecule has 2 aromatic carbocycles. The average molecular weight is 344 g/mol. The van der Waals surface area contributed by atoms with E-state index in [1.54, 1.807) is 0 Å². The first-order valence-electron chi connectivity index (χ1n) is 7.31. The summed E-state index contributed by atoms with van der Waals surface area (Å²) in [5.41, 5.74) is 2.52. The summed E-state index contributed by atoms with van der Waals surface area (Å²) in [6, 6.07) is 18.5. The minimum atomic E-state index is 0.162. The third-order valence-corrected chi connectivity index (χ3v) is 4.45. The molecule has 0 heterocycles. The molecular formula is C18H18BrNO. The van der Waals surface area contributed by atoms with E-state index in [2.05, 4.69) is 45.5 Å². The van der Waals surface area contributed by atoms with Gasteiger partial charge in [-0.25, -0.2) is 0 Å². The number of rotatable bonds is 5. The van der Waals surface area contributed by atoms with Gasteiger partial charge in [-0.2, -0.15) is 0 Å². The van der Waals surface area contributed by atoms with Crippen molar-refractivity contribution < 1.29 is 4.79 Å². The number of carbonyl (C=O) groups is 1. The van der Waals surface area contributed by atoms with E-state index in [0.717, 1.165) is 17.3 Å². The fourth-order valence-corrected chi connectivity index (χ4v) is 3.15. The van der Waals surface area contributed by atoms with Crippen molar-refractivity contribution in [1.29, 1.82) is 0 Å². The second-order valence-electron chi connectivity index (χ2n) is 5.53. The fourth-order valence-electron chi connectivity index (χ4n) is 2.71. The van der Waals surface area contributed by atoms with Gasteiger partial charge in [0.1, 0.15) is 0 Å². The molecule has 2 unspecified atom stereocenters. The zero-order valence-corrected chi connectivity index (χ0v) is 13.3. The van der Waals surface area contributed by atoms with Crippen LogP contribution in [0.25, 0.3) is 0 Å². The number of nitrogens with one attached hydrogen (secondary N) is 1. The second-order valence-corrected chi connectivity index (χ2v) is 6.45. The van der Waals surface area contributed by atoms with Crippen LogP contribution in [-0.4, -0.2) is 12.5 Å². The van der Waals surface area contributed by atoms with E-state index >= 15 is 0 Å². The molecule has 1 fully saturated rings. The maximum absolute atomic E-state index is 12.1. The van der Waals surface area contributed by atoms with Gasteiger partial charge in [-0.05, 0) is 42.0 Å². The zero-order chi connectivity index (χ0) is 14.7. The van der Waals surface area contributed by atoms with E-state index in [-0.39, 0.29) is 11.8 Å². The summed E-state index contributed by atoms with van der Waals surface area (Å²) < 4.78 is 1.08. The van der Waals surface area contributed by atoms with Crippen LogP contribution in [0.3, 0.4) is 0 Å². The minimum Gasteiger partial charge on any atom is -0.356 e. The van der Waals surface area contributed by atoms with Crippen LogP contribution in [0.1, 0.15) is 23.5 Å². The quantitative estimate of drug-likeness (QED) is 0.875. The van der Waals surface area contributed by atoms with E-state index in [1.807, 2.05) is 30.3 Å². The first-order chi connectivity index (χ1) is 10.2. The lowest BCUT2D eigenvalue weighted by atomic mass is 10.1. The molecule has 1 amide bonds. The Morgan fingerprint density at radius 2 is 1.95 bits per heavy atom. The first kappa shape index (κ1) is 14.3. The molecule has 0 saturated heterocycles. The highest BCUT2D eigenvalue weighted by Gasteiger charge is 2.43. The van der Waals surface area contributed by atoms with Crippen molar-refractivity contribution in [2.45, 2.75) is 18.8 Å². The summed E-state index contributed by atoms with van der Waals surface area (Å²) in [6.07, 6.45) is 1.85. The smallest absolute Gasteiger partial charge is 0.223 e. The Labute approximate surface area is 133 Å². The van der Waals surface area contributed by atoms with Crippen molar-refractivity contribution in [2.75, 3.05) is 6.54 Å². The molecule has 2 aromatic rings. The maximum atomic E-state index is 12.1. The number of hydrogen-bond acceptors (Lipinski definition) is 1. The van der Waals surface area contributed by atoms with Gasteiger partial charge in [0.2, 0.25) is 5.91 Å². The summed E-state index contributed by atoms with van der Waals surface area (Å²) in [7, 11) is 0. The molecule has 3 rings (SSSR count). The van der Waals surface area contributed by atoms with Gasteiger partial charge < -0.3 is 5.32 Å². The summed E-state index contributed by atoms with van der Waals surface area (Å²) in [5, 5.41) is 3.06. The third-order valence-electron chi connectivity index (χ3n) is 3.96. The van der Waals surface area contributed by atoms with Crippen LogP contribution in [0.5, 0.6) is 0 Å². The van der Waals surface area contributed by atoms with Crippen LogP contribution in [-0.2, 0) is 11.2 Å². The molecule has 3 heteroatoms. The molecule has 21 heavy (non-hydrogen) atoms. The Bertz CT molecular complexity index is 626. The van der Waals surface area contributed by atoms with Crippen molar-refractivity contribution in [3.63, 3.8) is 0 Å². The van der Waals surface area contributed by atoms with Crippen molar-refractivity contribution in [1.82, 2.24) is 5.32 Å². The molecule has 0 aromatic heterocycles. The molecule has 2 atom stereocenters. The standard InChI is InChI=1S/C18H18BrNO/c19-15-8-4-5-13(11-15)9-10-20-18(21)17-12-16(17)14-6-2-1-3-7-14/h1-8,11,16-17H,9-10,12H2,(H,20,21). The van der Waals surface area contributed by atoms with Crippen LogP contribution < -0.4 is 5.32 Å². The Morgan fingerprint density at radius 1 is 1.14 bits per heavy atom. The highest BCUT2D eigenvalue weighted by molar-refractivity contribution is 9.10. The minimum absolute atomic E-state index is 0.162. The fraction of sp³-hybridized carbons (Fsp3) is 0.278. The number of amides is 1. The van der Waals surface area contributed by atoms with Crippen LogP contribution in [0.15, 0.2) is 59.1 Å². The number of benzene rings is 2. The summed E-state index contributed by atoms with van der Waals surface area (Å²) in [5.74, 6) is 0.769. The highest BCUT2D eigenvalue weighted by atomic mass is 79.9. The molecule has 0 radical (unpaired) electrons. The topological polar surface area (TPSA) is 29.1 Å². The molecule has 0 bridgehead atoms. The Hall–Kier alpha value is -1.61. The highest BCUT2D eigenvalue weighted by Crippen LogP contribution is 2.47. The Kier molecular flexibility index (Phi) is 4.39. The van der Waals surface area contributed by atoms with E-state index in [1.165, 1.54) is 11.1 Å². The zero-order valence-electron chi connectivity index (χ0n) is 11.8. The van der Waals surface area contributed by atoms with Gasteiger partial charge >= 0.3 is 0 Å². The van der Waals surface area contributed by atoms with E-state index in [0.29, 0.717) is 12.5 Å². The monoisotopic (exact) mass is 343 g/mol. The Balaban J connectivity index is 1.46. The first-order valence-corrected chi connectivity index (χ1v) is 8.10. The van der Waals surface area contributed by atoms with Crippen LogP contribution in [0, 0.1) is 5.92 Å². The van der Waals surface area contributed by atoms with Gasteiger partial charge in [-0.1, -0.05) is 58.4 Å². The molecular weight excluding hydrogens is 326 g/mol. The van der Waals surface area contributed by atoms with Crippen molar-refractivity contribution in [2.24, 2.45) is 5.92 Å². The largest absolute Gasteiger partial charge is 0.356 e. The predicted molar refractivity (Wildman–Crippen MR) is 88.1 cm³/mol.